The zero-order chi connectivity index (χ0) is 14.8. The third kappa shape index (κ3) is 2.44. The Bertz CT molecular complexity index is 858. The van der Waals surface area contributed by atoms with Crippen LogP contribution >= 0.6 is 0 Å². The number of aromatic nitrogens is 3. The van der Waals surface area contributed by atoms with E-state index in [1.165, 1.54) is 0 Å². The molecule has 3 rings (SSSR count). The summed E-state index contributed by atoms with van der Waals surface area (Å²) < 4.78 is 1.65. The lowest BCUT2D eigenvalue weighted by molar-refractivity contribution is 0.102. The van der Waals surface area contributed by atoms with Crippen LogP contribution in [0.1, 0.15) is 15.9 Å². The minimum atomic E-state index is -0.229. The Balaban J connectivity index is 1.84. The molecule has 3 aromatic rings. The van der Waals surface area contributed by atoms with Gasteiger partial charge < -0.3 is 5.32 Å². The molecule has 0 bridgehead atoms. The molecule has 0 saturated carbocycles. The van der Waals surface area contributed by atoms with Gasteiger partial charge in [-0.3, -0.25) is 4.79 Å². The average Bonchev–Trinajstić information content (AvgIpc) is 2.89. The summed E-state index contributed by atoms with van der Waals surface area (Å²) in [6.45, 7) is 0. The van der Waals surface area contributed by atoms with Gasteiger partial charge in [-0.25, -0.2) is 4.68 Å². The van der Waals surface area contributed by atoms with Gasteiger partial charge in [-0.05, 0) is 42.5 Å². The highest BCUT2D eigenvalue weighted by Crippen LogP contribution is 2.15. The predicted octanol–water partition coefficient (Wildman–Crippen LogP) is 2.09. The lowest BCUT2D eigenvalue weighted by Gasteiger charge is -2.05. The van der Waals surface area contributed by atoms with Gasteiger partial charge in [0.1, 0.15) is 5.52 Å². The number of benzene rings is 2. The van der Waals surface area contributed by atoms with E-state index in [0.29, 0.717) is 22.3 Å². The number of hydrogen-bond donors (Lipinski definition) is 1. The number of rotatable bonds is 2. The van der Waals surface area contributed by atoms with Crippen molar-refractivity contribution in [2.24, 2.45) is 7.05 Å². The molecule has 21 heavy (non-hydrogen) atoms. The fourth-order valence-electron chi connectivity index (χ4n) is 2.01. The monoisotopic (exact) mass is 277 g/mol. The molecule has 0 aliphatic carbocycles. The molecule has 6 heteroatoms. The van der Waals surface area contributed by atoms with Gasteiger partial charge in [0.15, 0.2) is 0 Å². The van der Waals surface area contributed by atoms with Crippen LogP contribution in [0.4, 0.5) is 5.69 Å². The molecule has 0 aliphatic heterocycles. The molecule has 0 aliphatic rings. The quantitative estimate of drug-likeness (QED) is 0.777. The summed E-state index contributed by atoms with van der Waals surface area (Å²) in [6.07, 6.45) is 0. The lowest BCUT2D eigenvalue weighted by atomic mass is 10.1. The maximum absolute atomic E-state index is 12.2. The maximum atomic E-state index is 12.2. The zero-order valence-corrected chi connectivity index (χ0v) is 11.2. The van der Waals surface area contributed by atoms with E-state index in [1.54, 1.807) is 48.1 Å². The number of hydrogen-bond acceptors (Lipinski definition) is 4. The van der Waals surface area contributed by atoms with E-state index in [9.17, 15) is 4.79 Å². The van der Waals surface area contributed by atoms with E-state index in [-0.39, 0.29) is 5.91 Å². The summed E-state index contributed by atoms with van der Waals surface area (Å²) in [5.74, 6) is -0.229. The summed E-state index contributed by atoms with van der Waals surface area (Å²) in [4.78, 5) is 12.2. The minimum Gasteiger partial charge on any atom is -0.322 e. The summed E-state index contributed by atoms with van der Waals surface area (Å²) in [5, 5.41) is 19.4. The van der Waals surface area contributed by atoms with E-state index < -0.39 is 0 Å². The standard InChI is InChI=1S/C15H11N5O/c1-20-14-7-4-11(8-13(14)18-19-20)15(21)17-12-5-2-10(9-16)3-6-12/h2-8H,1H3,(H,17,21). The second-order valence-electron chi connectivity index (χ2n) is 4.56. The largest absolute Gasteiger partial charge is 0.322 e. The number of nitrogens with zero attached hydrogens (tertiary/aromatic N) is 4. The third-order valence-corrected chi connectivity index (χ3v) is 3.14. The predicted molar refractivity (Wildman–Crippen MR) is 77.6 cm³/mol. The van der Waals surface area contributed by atoms with Crippen LogP contribution in [0.5, 0.6) is 0 Å². The van der Waals surface area contributed by atoms with E-state index in [0.717, 1.165) is 5.52 Å². The fraction of sp³-hybridized carbons (Fsp3) is 0.0667. The SMILES string of the molecule is Cn1nnc2cc(C(=O)Nc3ccc(C#N)cc3)ccc21. The molecule has 1 aromatic heterocycles. The van der Waals surface area contributed by atoms with Crippen molar-refractivity contribution < 1.29 is 4.79 Å². The number of carbonyl (C=O) groups excluding carboxylic acids is 1. The van der Waals surface area contributed by atoms with Crippen LogP contribution < -0.4 is 5.32 Å². The number of anilines is 1. The van der Waals surface area contributed by atoms with Crippen LogP contribution in [0.3, 0.4) is 0 Å². The average molecular weight is 277 g/mol. The Hall–Kier alpha value is -3.20. The first-order valence-electron chi connectivity index (χ1n) is 6.28. The third-order valence-electron chi connectivity index (χ3n) is 3.14. The van der Waals surface area contributed by atoms with Gasteiger partial charge in [-0.15, -0.1) is 5.10 Å². The number of aryl methyl sites for hydroxylation is 1. The Kier molecular flexibility index (Phi) is 3.09. The molecule has 0 fully saturated rings. The first kappa shape index (κ1) is 12.8. The highest BCUT2D eigenvalue weighted by atomic mass is 16.1. The highest BCUT2D eigenvalue weighted by Gasteiger charge is 2.09. The normalized spacial score (nSPS) is 10.3. The molecular formula is C15H11N5O. The highest BCUT2D eigenvalue weighted by molar-refractivity contribution is 6.05. The van der Waals surface area contributed by atoms with Crippen LogP contribution in [0, 0.1) is 11.3 Å². The van der Waals surface area contributed by atoms with Gasteiger partial charge >= 0.3 is 0 Å². The van der Waals surface area contributed by atoms with Crippen molar-refractivity contribution in [3.63, 3.8) is 0 Å². The fourth-order valence-corrected chi connectivity index (χ4v) is 2.01. The Morgan fingerprint density at radius 1 is 1.24 bits per heavy atom. The van der Waals surface area contributed by atoms with Crippen molar-refractivity contribution in [3.05, 3.63) is 53.6 Å². The van der Waals surface area contributed by atoms with E-state index >= 15 is 0 Å². The van der Waals surface area contributed by atoms with Gasteiger partial charge in [-0.1, -0.05) is 5.21 Å². The van der Waals surface area contributed by atoms with Crippen LogP contribution in [-0.2, 0) is 7.05 Å². The maximum Gasteiger partial charge on any atom is 0.255 e. The molecule has 102 valence electrons. The molecule has 1 amide bonds. The number of nitrogens with one attached hydrogen (secondary N) is 1. The summed E-state index contributed by atoms with van der Waals surface area (Å²) >= 11 is 0. The van der Waals surface area contributed by atoms with E-state index in [1.807, 2.05) is 12.1 Å². The summed E-state index contributed by atoms with van der Waals surface area (Å²) in [5.41, 5.74) is 3.23. The molecule has 1 heterocycles. The topological polar surface area (TPSA) is 83.6 Å². The first-order valence-corrected chi connectivity index (χ1v) is 6.28. The van der Waals surface area contributed by atoms with Gasteiger partial charge in [0, 0.05) is 18.3 Å². The lowest BCUT2D eigenvalue weighted by Crippen LogP contribution is -2.11. The second-order valence-corrected chi connectivity index (χ2v) is 4.56. The molecule has 6 nitrogen and oxygen atoms in total. The number of nitriles is 1. The van der Waals surface area contributed by atoms with E-state index in [4.69, 9.17) is 5.26 Å². The van der Waals surface area contributed by atoms with Gasteiger partial charge in [-0.2, -0.15) is 5.26 Å². The van der Waals surface area contributed by atoms with Crippen LogP contribution in [-0.4, -0.2) is 20.9 Å². The number of amides is 1. The molecular weight excluding hydrogens is 266 g/mol. The molecule has 0 atom stereocenters. The molecule has 0 saturated heterocycles. The molecule has 0 unspecified atom stereocenters. The van der Waals surface area contributed by atoms with Crippen molar-refractivity contribution in [1.82, 2.24) is 15.0 Å². The van der Waals surface area contributed by atoms with Gasteiger partial charge in [0.25, 0.3) is 5.91 Å². The van der Waals surface area contributed by atoms with Crippen LogP contribution in [0.25, 0.3) is 11.0 Å². The number of carbonyl (C=O) groups is 1. The van der Waals surface area contributed by atoms with Gasteiger partial charge in [0.2, 0.25) is 0 Å². The Labute approximate surface area is 120 Å². The first-order chi connectivity index (χ1) is 10.2. The van der Waals surface area contributed by atoms with Crippen molar-refractivity contribution >= 4 is 22.6 Å². The minimum absolute atomic E-state index is 0.229. The molecule has 1 N–H and O–H groups in total. The van der Waals surface area contributed by atoms with Crippen molar-refractivity contribution in [1.29, 1.82) is 5.26 Å². The Morgan fingerprint density at radius 3 is 2.71 bits per heavy atom. The van der Waals surface area contributed by atoms with Crippen LogP contribution in [0.2, 0.25) is 0 Å². The van der Waals surface area contributed by atoms with Crippen molar-refractivity contribution in [3.8, 4) is 6.07 Å². The smallest absolute Gasteiger partial charge is 0.255 e. The summed E-state index contributed by atoms with van der Waals surface area (Å²) in [7, 11) is 1.80. The zero-order valence-electron chi connectivity index (χ0n) is 11.2. The molecule has 2 aromatic carbocycles. The van der Waals surface area contributed by atoms with Crippen molar-refractivity contribution in [2.75, 3.05) is 5.32 Å². The second kappa shape index (κ2) is 5.06. The summed E-state index contributed by atoms with van der Waals surface area (Å²) in [6, 6.07) is 14.0. The van der Waals surface area contributed by atoms with Gasteiger partial charge in [0.05, 0.1) is 17.1 Å². The molecule has 0 spiro atoms. The van der Waals surface area contributed by atoms with Crippen molar-refractivity contribution in [2.45, 2.75) is 0 Å². The Morgan fingerprint density at radius 2 is 2.00 bits per heavy atom. The van der Waals surface area contributed by atoms with E-state index in [2.05, 4.69) is 15.6 Å². The van der Waals surface area contributed by atoms with Crippen LogP contribution in [0.15, 0.2) is 42.5 Å². The molecule has 0 radical (unpaired) electrons. The number of fused-ring (bicyclic) bond motifs is 1.